The molecule has 6 nitrogen and oxygen atoms in total. The minimum atomic E-state index is -0.849. The van der Waals surface area contributed by atoms with Gasteiger partial charge in [-0.05, 0) is 42.7 Å². The zero-order valence-corrected chi connectivity index (χ0v) is 13.0. The van der Waals surface area contributed by atoms with E-state index >= 15 is 0 Å². The first-order valence-electron chi connectivity index (χ1n) is 7.39. The number of hydrogen-bond donors (Lipinski definition) is 3. The van der Waals surface area contributed by atoms with Crippen molar-refractivity contribution in [1.29, 1.82) is 0 Å². The Kier molecular flexibility index (Phi) is 4.18. The maximum atomic E-state index is 14.3. The molecule has 0 saturated heterocycles. The molecule has 0 aliphatic carbocycles. The monoisotopic (exact) mass is 328 g/mol. The van der Waals surface area contributed by atoms with Gasteiger partial charge in [-0.25, -0.2) is 9.37 Å². The number of carbonyl (C=O) groups is 1. The molecule has 0 spiro atoms. The number of aromatic nitrogens is 2. The van der Waals surface area contributed by atoms with Crippen LogP contribution in [0.5, 0.6) is 11.5 Å². The van der Waals surface area contributed by atoms with E-state index in [1.54, 1.807) is 18.3 Å². The van der Waals surface area contributed by atoms with E-state index in [4.69, 9.17) is 16.2 Å². The molecule has 124 valence electrons. The van der Waals surface area contributed by atoms with Crippen LogP contribution in [0, 0.1) is 12.7 Å². The average molecular weight is 328 g/mol. The lowest BCUT2D eigenvalue weighted by molar-refractivity contribution is -0.119. The second-order valence-electron chi connectivity index (χ2n) is 5.58. The van der Waals surface area contributed by atoms with Gasteiger partial charge >= 0.3 is 0 Å². The molecule has 0 bridgehead atoms. The van der Waals surface area contributed by atoms with E-state index < -0.39 is 17.8 Å². The van der Waals surface area contributed by atoms with E-state index in [2.05, 4.69) is 9.97 Å². The number of ether oxygens (including phenoxy) is 1. The second-order valence-corrected chi connectivity index (χ2v) is 5.58. The third-order valence-corrected chi connectivity index (χ3v) is 3.77. The van der Waals surface area contributed by atoms with Crippen molar-refractivity contribution in [2.45, 2.75) is 19.4 Å². The third kappa shape index (κ3) is 3.07. The number of pyridine rings is 1. The van der Waals surface area contributed by atoms with E-state index in [0.717, 1.165) is 10.9 Å². The first kappa shape index (κ1) is 15.9. The fourth-order valence-corrected chi connectivity index (χ4v) is 2.50. The van der Waals surface area contributed by atoms with Gasteiger partial charge < -0.3 is 21.2 Å². The van der Waals surface area contributed by atoms with Crippen molar-refractivity contribution in [3.8, 4) is 11.5 Å². The highest BCUT2D eigenvalue weighted by Gasteiger charge is 2.14. The molecule has 24 heavy (non-hydrogen) atoms. The third-order valence-electron chi connectivity index (χ3n) is 3.77. The molecule has 7 heteroatoms. The van der Waals surface area contributed by atoms with E-state index in [1.165, 1.54) is 12.1 Å². The Hall–Kier alpha value is -2.93. The Balaban J connectivity index is 1.87. The molecule has 0 radical (unpaired) electrons. The number of aromatic amines is 1. The van der Waals surface area contributed by atoms with Crippen LogP contribution in [-0.4, -0.2) is 21.9 Å². The lowest BCUT2D eigenvalue weighted by Crippen LogP contribution is -2.38. The zero-order chi connectivity index (χ0) is 17.3. The SMILES string of the molecule is Cc1c[nH]c2nccc(Oc3ccc(CC(N)C(N)=O)cc3F)c12. The van der Waals surface area contributed by atoms with Crippen LogP contribution < -0.4 is 16.2 Å². The van der Waals surface area contributed by atoms with Crippen molar-refractivity contribution in [3.63, 3.8) is 0 Å². The molecule has 2 aromatic heterocycles. The van der Waals surface area contributed by atoms with Crippen molar-refractivity contribution in [1.82, 2.24) is 9.97 Å². The van der Waals surface area contributed by atoms with Gasteiger partial charge in [0.15, 0.2) is 11.6 Å². The molecule has 0 fully saturated rings. The molecular formula is C17H17FN4O2. The van der Waals surface area contributed by atoms with Gasteiger partial charge in [-0.2, -0.15) is 0 Å². The molecule has 3 rings (SSSR count). The van der Waals surface area contributed by atoms with Crippen LogP contribution in [0.2, 0.25) is 0 Å². The first-order valence-corrected chi connectivity index (χ1v) is 7.39. The summed E-state index contributed by atoms with van der Waals surface area (Å²) in [6.45, 7) is 1.91. The van der Waals surface area contributed by atoms with Crippen LogP contribution in [0.25, 0.3) is 11.0 Å². The van der Waals surface area contributed by atoms with Crippen molar-refractivity contribution in [2.75, 3.05) is 0 Å². The Labute approximate surface area is 137 Å². The number of nitrogens with one attached hydrogen (secondary N) is 1. The lowest BCUT2D eigenvalue weighted by Gasteiger charge is -2.11. The van der Waals surface area contributed by atoms with E-state index in [1.807, 2.05) is 13.1 Å². The summed E-state index contributed by atoms with van der Waals surface area (Å²) in [5.41, 5.74) is 12.9. The van der Waals surface area contributed by atoms with Crippen LogP contribution >= 0.6 is 0 Å². The summed E-state index contributed by atoms with van der Waals surface area (Å²) >= 11 is 0. The van der Waals surface area contributed by atoms with E-state index in [0.29, 0.717) is 17.0 Å². The molecule has 1 amide bonds. The van der Waals surface area contributed by atoms with Gasteiger partial charge in [-0.15, -0.1) is 0 Å². The van der Waals surface area contributed by atoms with Gasteiger partial charge in [-0.3, -0.25) is 4.79 Å². The molecule has 0 aliphatic rings. The molecule has 1 aromatic carbocycles. The van der Waals surface area contributed by atoms with Crippen LogP contribution in [-0.2, 0) is 11.2 Å². The second kappa shape index (κ2) is 6.29. The fraction of sp³-hybridized carbons (Fsp3) is 0.176. The summed E-state index contributed by atoms with van der Waals surface area (Å²) < 4.78 is 20.0. The summed E-state index contributed by atoms with van der Waals surface area (Å²) in [5.74, 6) is -0.570. The number of aryl methyl sites for hydroxylation is 1. The Morgan fingerprint density at radius 2 is 2.17 bits per heavy atom. The van der Waals surface area contributed by atoms with Gasteiger partial charge in [0.25, 0.3) is 0 Å². The summed E-state index contributed by atoms with van der Waals surface area (Å²) in [6.07, 6.45) is 3.57. The van der Waals surface area contributed by atoms with Crippen molar-refractivity contribution < 1.29 is 13.9 Å². The van der Waals surface area contributed by atoms with E-state index in [-0.39, 0.29) is 12.2 Å². The topological polar surface area (TPSA) is 107 Å². The Bertz CT molecular complexity index is 907. The number of H-pyrrole nitrogens is 1. The number of hydrogen-bond acceptors (Lipinski definition) is 4. The molecule has 0 saturated carbocycles. The number of halogens is 1. The highest BCUT2D eigenvalue weighted by molar-refractivity contribution is 5.86. The minimum Gasteiger partial charge on any atom is -0.453 e. The fourth-order valence-electron chi connectivity index (χ4n) is 2.50. The summed E-state index contributed by atoms with van der Waals surface area (Å²) in [6, 6.07) is 5.29. The maximum Gasteiger partial charge on any atom is 0.234 e. The molecule has 1 atom stereocenters. The van der Waals surface area contributed by atoms with Crippen LogP contribution in [0.3, 0.4) is 0 Å². The smallest absolute Gasteiger partial charge is 0.234 e. The highest BCUT2D eigenvalue weighted by atomic mass is 19.1. The Morgan fingerprint density at radius 1 is 1.38 bits per heavy atom. The largest absolute Gasteiger partial charge is 0.453 e. The van der Waals surface area contributed by atoms with Gasteiger partial charge in [0, 0.05) is 12.4 Å². The predicted molar refractivity (Wildman–Crippen MR) is 88.2 cm³/mol. The average Bonchev–Trinajstić information content (AvgIpc) is 2.92. The number of fused-ring (bicyclic) bond motifs is 1. The van der Waals surface area contributed by atoms with Crippen LogP contribution in [0.4, 0.5) is 4.39 Å². The number of nitrogens with two attached hydrogens (primary N) is 2. The summed E-state index contributed by atoms with van der Waals surface area (Å²) in [4.78, 5) is 18.2. The van der Waals surface area contributed by atoms with E-state index in [9.17, 15) is 9.18 Å². The number of amides is 1. The maximum absolute atomic E-state index is 14.3. The quantitative estimate of drug-likeness (QED) is 0.667. The number of carbonyl (C=O) groups excluding carboxylic acids is 1. The summed E-state index contributed by atoms with van der Waals surface area (Å²) in [7, 11) is 0. The first-order chi connectivity index (χ1) is 11.5. The number of nitrogens with zero attached hydrogens (tertiary/aromatic N) is 1. The van der Waals surface area contributed by atoms with Gasteiger partial charge in [0.2, 0.25) is 5.91 Å². The number of benzene rings is 1. The molecule has 3 aromatic rings. The van der Waals surface area contributed by atoms with Gasteiger partial charge in [-0.1, -0.05) is 6.07 Å². The Morgan fingerprint density at radius 3 is 2.88 bits per heavy atom. The summed E-state index contributed by atoms with van der Waals surface area (Å²) in [5, 5.41) is 0.803. The standard InChI is InChI=1S/C17H17FN4O2/c1-9-8-22-17-15(9)14(4-5-21-17)24-13-3-2-10(6-11(13)18)7-12(19)16(20)23/h2-6,8,12H,7,19H2,1H3,(H2,20,23)(H,21,22). The molecule has 2 heterocycles. The van der Waals surface area contributed by atoms with Crippen molar-refractivity contribution >= 4 is 16.9 Å². The molecule has 1 unspecified atom stereocenters. The van der Waals surface area contributed by atoms with Gasteiger partial charge in [0.05, 0.1) is 11.4 Å². The van der Waals surface area contributed by atoms with Crippen LogP contribution in [0.1, 0.15) is 11.1 Å². The minimum absolute atomic E-state index is 0.0829. The molecular weight excluding hydrogens is 311 g/mol. The number of primary amides is 1. The van der Waals surface area contributed by atoms with Crippen molar-refractivity contribution in [3.05, 3.63) is 53.6 Å². The molecule has 5 N–H and O–H groups in total. The van der Waals surface area contributed by atoms with Crippen LogP contribution in [0.15, 0.2) is 36.7 Å². The van der Waals surface area contributed by atoms with Crippen molar-refractivity contribution in [2.24, 2.45) is 11.5 Å². The molecule has 0 aliphatic heterocycles. The predicted octanol–water partition coefficient (Wildman–Crippen LogP) is 2.16. The van der Waals surface area contributed by atoms with Gasteiger partial charge in [0.1, 0.15) is 11.4 Å². The highest BCUT2D eigenvalue weighted by Crippen LogP contribution is 2.32. The lowest BCUT2D eigenvalue weighted by atomic mass is 10.1. The number of rotatable bonds is 5. The zero-order valence-electron chi connectivity index (χ0n) is 13.0. The normalized spacial score (nSPS) is 12.3.